The van der Waals surface area contributed by atoms with Crippen LogP contribution in [-0.4, -0.2) is 35.7 Å². The summed E-state index contributed by atoms with van der Waals surface area (Å²) in [7, 11) is -8.68. The van der Waals surface area contributed by atoms with Crippen molar-refractivity contribution in [1.29, 1.82) is 5.26 Å². The highest BCUT2D eigenvalue weighted by molar-refractivity contribution is 7.92. The van der Waals surface area contributed by atoms with Crippen LogP contribution in [0.2, 0.25) is 0 Å². The van der Waals surface area contributed by atoms with Crippen LogP contribution in [-0.2, 0) is 21.0 Å². The predicted molar refractivity (Wildman–Crippen MR) is 132 cm³/mol. The number of fused-ring (bicyclic) bond motifs is 1. The first kappa shape index (κ1) is 25.8. The van der Waals surface area contributed by atoms with Crippen molar-refractivity contribution >= 4 is 44.7 Å². The molecule has 36 heavy (non-hydrogen) atoms. The molecule has 2 aromatic heterocycles. The van der Waals surface area contributed by atoms with E-state index in [1.807, 2.05) is 0 Å². The van der Waals surface area contributed by atoms with E-state index in [0.29, 0.717) is 22.2 Å². The molecule has 4 rings (SSSR count). The van der Waals surface area contributed by atoms with Crippen molar-refractivity contribution in [2.24, 2.45) is 5.73 Å². The number of nitrogens with one attached hydrogen (secondary N) is 3. The second kappa shape index (κ2) is 10.4. The second-order valence-corrected chi connectivity index (χ2v) is 12.5. The molecule has 15 heteroatoms. The second-order valence-electron chi connectivity index (χ2n) is 7.64. The van der Waals surface area contributed by atoms with Gasteiger partial charge in [-0.05, 0) is 35.7 Å². The molecule has 11 nitrogen and oxygen atoms in total. The lowest BCUT2D eigenvalue weighted by Crippen LogP contribution is -2.31. The zero-order valence-corrected chi connectivity index (χ0v) is 20.9. The first-order valence-electron chi connectivity index (χ1n) is 10.3. The van der Waals surface area contributed by atoms with Crippen molar-refractivity contribution in [1.82, 2.24) is 14.7 Å². The average molecular weight is 551 g/mol. The molecule has 4 aromatic rings. The molecule has 6 N–H and O–H groups in total. The normalized spacial score (nSPS) is 14.2. The van der Waals surface area contributed by atoms with Crippen molar-refractivity contribution in [2.75, 3.05) is 11.6 Å². The molecular formula is C21H20FN6O5PS2. The van der Waals surface area contributed by atoms with Crippen molar-refractivity contribution in [3.8, 4) is 11.8 Å². The Morgan fingerprint density at radius 3 is 2.81 bits per heavy atom. The first-order valence-corrected chi connectivity index (χ1v) is 14.3. The number of nitrogens with two attached hydrogens (primary N) is 1. The summed E-state index contributed by atoms with van der Waals surface area (Å²) in [5.74, 6) is -1.25. The molecular weight excluding hydrogens is 530 g/mol. The molecule has 2 aromatic carbocycles. The molecule has 1 unspecified atom stereocenters. The highest BCUT2D eigenvalue weighted by atomic mass is 32.2. The number of benzene rings is 2. The maximum Gasteiger partial charge on any atom is 0.391 e. The van der Waals surface area contributed by atoms with Crippen LogP contribution in [0.25, 0.3) is 10.1 Å². The number of halogens is 1. The minimum Gasteiger partial charge on any atom is -0.424 e. The average Bonchev–Trinajstić information content (AvgIpc) is 3.47. The van der Waals surface area contributed by atoms with Gasteiger partial charge in [-0.2, -0.15) is 9.98 Å². The number of anilines is 1. The molecule has 0 aliphatic heterocycles. The number of H-pyrrole nitrogens is 1. The molecule has 0 saturated heterocycles. The van der Waals surface area contributed by atoms with Crippen LogP contribution < -0.4 is 20.3 Å². The van der Waals surface area contributed by atoms with Gasteiger partial charge in [0.1, 0.15) is 28.1 Å². The number of thiophene rings is 1. The predicted octanol–water partition coefficient (Wildman–Crippen LogP) is 3.07. The molecule has 0 saturated carbocycles. The zero-order valence-electron chi connectivity index (χ0n) is 18.4. The quantitative estimate of drug-likeness (QED) is 0.146. The molecule has 0 amide bonds. The Hall–Kier alpha value is -3.31. The van der Waals surface area contributed by atoms with Gasteiger partial charge < -0.3 is 25.5 Å². The van der Waals surface area contributed by atoms with Gasteiger partial charge in [-0.15, -0.1) is 11.3 Å². The van der Waals surface area contributed by atoms with Crippen molar-refractivity contribution in [3.63, 3.8) is 0 Å². The highest BCUT2D eigenvalue weighted by Gasteiger charge is 2.27. The third-order valence-electron chi connectivity index (χ3n) is 4.87. The Bertz CT molecular complexity index is 1590. The maximum absolute atomic E-state index is 13.7. The van der Waals surface area contributed by atoms with E-state index in [1.165, 1.54) is 6.07 Å². The van der Waals surface area contributed by atoms with Crippen molar-refractivity contribution < 1.29 is 26.8 Å². The van der Waals surface area contributed by atoms with Gasteiger partial charge in [-0.3, -0.25) is 0 Å². The third-order valence-corrected chi connectivity index (χ3v) is 9.11. The summed E-state index contributed by atoms with van der Waals surface area (Å²) in [6, 6.07) is 11.3. The number of hydrogen-bond donors (Lipinski definition) is 5. The number of rotatable bonds is 10. The van der Waals surface area contributed by atoms with E-state index in [1.54, 1.807) is 36.8 Å². The molecule has 0 radical (unpaired) electrons. The number of imidazole rings is 1. The van der Waals surface area contributed by atoms with Crippen LogP contribution in [0.1, 0.15) is 11.3 Å². The molecule has 188 valence electrons. The summed E-state index contributed by atoms with van der Waals surface area (Å²) in [6.07, 6.45) is 2.39. The topological polar surface area (TPSA) is 183 Å². The van der Waals surface area contributed by atoms with E-state index >= 15 is 0 Å². The molecule has 2 heterocycles. The number of sulfonamides is 1. The number of aromatic amines is 1. The summed E-state index contributed by atoms with van der Waals surface area (Å²) < 4.78 is 59.1. The van der Waals surface area contributed by atoms with E-state index in [4.69, 9.17) is 15.5 Å². The lowest BCUT2D eigenvalue weighted by molar-refractivity contribution is 0.377. The van der Waals surface area contributed by atoms with Crippen LogP contribution in [0.5, 0.6) is 5.75 Å². The highest BCUT2D eigenvalue weighted by Crippen LogP contribution is 2.42. The van der Waals surface area contributed by atoms with Crippen LogP contribution in [0.3, 0.4) is 0 Å². The molecule has 0 fully saturated rings. The maximum atomic E-state index is 13.7. The summed E-state index contributed by atoms with van der Waals surface area (Å²) in [5.41, 5.74) is 7.40. The molecule has 0 aliphatic carbocycles. The lowest BCUT2D eigenvalue weighted by Gasteiger charge is -2.14. The lowest BCUT2D eigenvalue weighted by atomic mass is 10.2. The zero-order chi connectivity index (χ0) is 25.9. The van der Waals surface area contributed by atoms with Crippen molar-refractivity contribution in [2.45, 2.75) is 16.8 Å². The summed E-state index contributed by atoms with van der Waals surface area (Å²) in [4.78, 5) is 17.0. The number of aromatic nitrogens is 2. The van der Waals surface area contributed by atoms with Gasteiger partial charge in [0.2, 0.25) is 0 Å². The summed E-state index contributed by atoms with van der Waals surface area (Å²) in [6.45, 7) is 0. The van der Waals surface area contributed by atoms with Crippen LogP contribution >= 0.6 is 18.9 Å². The SMILES string of the molecule is N#Cc1ccc(OP(=O)(O)CNS(=O)(=O)c2cc3ccc(N[C@@H](N)Cc4cnc[nH]4)cc3s2)cc1F. The van der Waals surface area contributed by atoms with Crippen LogP contribution in [0.4, 0.5) is 10.1 Å². The van der Waals surface area contributed by atoms with Gasteiger partial charge in [0.25, 0.3) is 10.0 Å². The Kier molecular flexibility index (Phi) is 7.41. The summed E-state index contributed by atoms with van der Waals surface area (Å²) >= 11 is 0.972. The Morgan fingerprint density at radius 1 is 1.31 bits per heavy atom. The van der Waals surface area contributed by atoms with Crippen LogP contribution in [0.15, 0.2) is 59.2 Å². The third kappa shape index (κ3) is 6.27. The monoisotopic (exact) mass is 550 g/mol. The smallest absolute Gasteiger partial charge is 0.391 e. The molecule has 0 bridgehead atoms. The van der Waals surface area contributed by atoms with Crippen LogP contribution in [0, 0.1) is 17.1 Å². The van der Waals surface area contributed by atoms with Gasteiger partial charge in [0.05, 0.1) is 18.1 Å². The van der Waals surface area contributed by atoms with E-state index in [9.17, 15) is 22.3 Å². The van der Waals surface area contributed by atoms with E-state index in [-0.39, 0.29) is 15.5 Å². The fourth-order valence-corrected chi connectivity index (χ4v) is 7.19. The number of hydrogen-bond acceptors (Lipinski definition) is 9. The van der Waals surface area contributed by atoms with E-state index in [2.05, 4.69) is 20.0 Å². The van der Waals surface area contributed by atoms with E-state index in [0.717, 1.165) is 35.2 Å². The minimum atomic E-state index is -4.52. The van der Waals surface area contributed by atoms with E-state index < -0.39 is 35.9 Å². The minimum absolute atomic E-state index is 0.0687. The number of nitrogens with zero attached hydrogens (tertiary/aromatic N) is 2. The Morgan fingerprint density at radius 2 is 2.11 bits per heavy atom. The largest absolute Gasteiger partial charge is 0.424 e. The van der Waals surface area contributed by atoms with Gasteiger partial charge in [-0.1, -0.05) is 6.07 Å². The first-order chi connectivity index (χ1) is 17.0. The number of nitriles is 1. The molecule has 0 aliphatic rings. The van der Waals surface area contributed by atoms with Gasteiger partial charge >= 0.3 is 7.60 Å². The van der Waals surface area contributed by atoms with Crippen molar-refractivity contribution in [3.05, 3.63) is 72.1 Å². The summed E-state index contributed by atoms with van der Waals surface area (Å²) in [5, 5.41) is 12.6. The fourth-order valence-electron chi connectivity index (χ4n) is 3.21. The van der Waals surface area contributed by atoms with Gasteiger partial charge in [0, 0.05) is 34.8 Å². The standard InChI is InChI=1S/C21H20FN6O5PS2/c22-18-8-17(4-2-14(18)9-23)33-34(29,30)12-27-36(31,32)21-5-13-1-3-15(6-19(13)35-21)28-20(24)7-16-10-25-11-26-16/h1-6,8,10-11,20,27-28H,7,12,24H2,(H,25,26)(H,29,30)/t20-/m1/s1. The molecule has 2 atom stereocenters. The van der Waals surface area contributed by atoms with Gasteiger partial charge in [-0.25, -0.2) is 22.4 Å². The van der Waals surface area contributed by atoms with Gasteiger partial charge in [0.15, 0.2) is 0 Å². The Balaban J connectivity index is 1.42. The Labute approximate surface area is 209 Å². The molecule has 0 spiro atoms. The fraction of sp³-hybridized carbons (Fsp3) is 0.143.